The molecule has 1 saturated heterocycles. The SMILES string of the molecule is Nc1cccc2c1CCN2S(=O)(=O)N1CCCCCC1. The Morgan fingerprint density at radius 2 is 1.70 bits per heavy atom. The van der Waals surface area contributed by atoms with Crippen molar-refractivity contribution in [2.45, 2.75) is 32.1 Å². The zero-order valence-corrected chi connectivity index (χ0v) is 12.4. The number of nitrogen functional groups attached to an aromatic ring is 1. The lowest BCUT2D eigenvalue weighted by atomic mass is 10.1. The van der Waals surface area contributed by atoms with Gasteiger partial charge in [-0.25, -0.2) is 0 Å². The second kappa shape index (κ2) is 5.26. The van der Waals surface area contributed by atoms with Gasteiger partial charge in [-0.1, -0.05) is 18.9 Å². The number of hydrogen-bond acceptors (Lipinski definition) is 3. The van der Waals surface area contributed by atoms with Crippen LogP contribution in [0.4, 0.5) is 11.4 Å². The van der Waals surface area contributed by atoms with Gasteiger partial charge < -0.3 is 5.73 Å². The molecule has 0 aromatic heterocycles. The molecular weight excluding hydrogens is 274 g/mol. The highest BCUT2D eigenvalue weighted by Crippen LogP contribution is 2.35. The second-order valence-electron chi connectivity index (χ2n) is 5.49. The van der Waals surface area contributed by atoms with Crippen molar-refractivity contribution in [3.8, 4) is 0 Å². The van der Waals surface area contributed by atoms with E-state index in [-0.39, 0.29) is 0 Å². The van der Waals surface area contributed by atoms with Crippen molar-refractivity contribution in [1.29, 1.82) is 0 Å². The highest BCUT2D eigenvalue weighted by Gasteiger charge is 2.34. The number of anilines is 2. The van der Waals surface area contributed by atoms with Gasteiger partial charge in [-0.05, 0) is 31.4 Å². The highest BCUT2D eigenvalue weighted by atomic mass is 32.2. The van der Waals surface area contributed by atoms with Crippen molar-refractivity contribution in [1.82, 2.24) is 4.31 Å². The van der Waals surface area contributed by atoms with Crippen LogP contribution in [0.1, 0.15) is 31.2 Å². The van der Waals surface area contributed by atoms with E-state index < -0.39 is 10.2 Å². The van der Waals surface area contributed by atoms with Crippen molar-refractivity contribution in [3.05, 3.63) is 23.8 Å². The largest absolute Gasteiger partial charge is 0.398 e. The summed E-state index contributed by atoms with van der Waals surface area (Å²) in [6.07, 6.45) is 4.86. The summed E-state index contributed by atoms with van der Waals surface area (Å²) in [7, 11) is -3.40. The van der Waals surface area contributed by atoms with E-state index in [1.165, 1.54) is 4.31 Å². The molecule has 2 N–H and O–H groups in total. The lowest BCUT2D eigenvalue weighted by Gasteiger charge is -2.28. The van der Waals surface area contributed by atoms with Crippen LogP contribution in [-0.2, 0) is 16.6 Å². The fourth-order valence-corrected chi connectivity index (χ4v) is 4.82. The molecule has 0 spiro atoms. The molecule has 1 aromatic rings. The van der Waals surface area contributed by atoms with Gasteiger partial charge in [-0.3, -0.25) is 4.31 Å². The van der Waals surface area contributed by atoms with Crippen LogP contribution in [-0.4, -0.2) is 32.4 Å². The Kier molecular flexibility index (Phi) is 3.60. The van der Waals surface area contributed by atoms with Crippen molar-refractivity contribution in [2.75, 3.05) is 29.7 Å². The van der Waals surface area contributed by atoms with E-state index >= 15 is 0 Å². The highest BCUT2D eigenvalue weighted by molar-refractivity contribution is 7.90. The normalized spacial score (nSPS) is 20.7. The van der Waals surface area contributed by atoms with Crippen molar-refractivity contribution in [2.24, 2.45) is 0 Å². The summed E-state index contributed by atoms with van der Waals surface area (Å²) in [5, 5.41) is 0. The molecule has 1 aromatic carbocycles. The maximum absolute atomic E-state index is 12.8. The summed E-state index contributed by atoms with van der Waals surface area (Å²) in [6, 6.07) is 5.51. The number of fused-ring (bicyclic) bond motifs is 1. The van der Waals surface area contributed by atoms with E-state index in [1.54, 1.807) is 4.31 Å². The number of hydrogen-bond donors (Lipinski definition) is 1. The maximum atomic E-state index is 12.8. The van der Waals surface area contributed by atoms with Crippen LogP contribution >= 0.6 is 0 Å². The molecule has 0 radical (unpaired) electrons. The van der Waals surface area contributed by atoms with Gasteiger partial charge in [0, 0.05) is 30.9 Å². The Labute approximate surface area is 120 Å². The first-order valence-corrected chi connectivity index (χ1v) is 8.65. The molecule has 0 amide bonds. The maximum Gasteiger partial charge on any atom is 0.304 e. The van der Waals surface area contributed by atoms with Gasteiger partial charge in [0.25, 0.3) is 0 Å². The standard InChI is InChI=1S/C14H21N3O2S/c15-13-6-5-7-14-12(13)8-11-17(14)20(18,19)16-9-3-1-2-4-10-16/h5-7H,1-4,8-11,15H2. The average Bonchev–Trinajstić information content (AvgIpc) is 2.68. The molecule has 0 aliphatic carbocycles. The zero-order chi connectivity index (χ0) is 14.2. The predicted octanol–water partition coefficient (Wildman–Crippen LogP) is 1.75. The van der Waals surface area contributed by atoms with Crippen LogP contribution in [0.3, 0.4) is 0 Å². The lowest BCUT2D eigenvalue weighted by Crippen LogP contribution is -2.43. The van der Waals surface area contributed by atoms with Crippen LogP contribution in [0.5, 0.6) is 0 Å². The summed E-state index contributed by atoms with van der Waals surface area (Å²) >= 11 is 0. The molecule has 6 heteroatoms. The minimum atomic E-state index is -3.40. The van der Waals surface area contributed by atoms with Crippen molar-refractivity contribution in [3.63, 3.8) is 0 Å². The van der Waals surface area contributed by atoms with E-state index in [4.69, 9.17) is 5.73 Å². The van der Waals surface area contributed by atoms with Gasteiger partial charge in [0.15, 0.2) is 0 Å². The molecule has 3 rings (SSSR count). The quantitative estimate of drug-likeness (QED) is 0.845. The first-order valence-electron chi connectivity index (χ1n) is 7.26. The number of benzene rings is 1. The topological polar surface area (TPSA) is 66.6 Å². The van der Waals surface area contributed by atoms with Gasteiger partial charge >= 0.3 is 10.2 Å². The van der Waals surface area contributed by atoms with Gasteiger partial charge in [0.05, 0.1) is 5.69 Å². The fraction of sp³-hybridized carbons (Fsp3) is 0.571. The summed E-state index contributed by atoms with van der Waals surface area (Å²) in [5.74, 6) is 0. The van der Waals surface area contributed by atoms with Crippen LogP contribution in [0, 0.1) is 0 Å². The Bertz CT molecular complexity index is 592. The first-order chi connectivity index (χ1) is 9.60. The molecule has 0 atom stereocenters. The lowest BCUT2D eigenvalue weighted by molar-refractivity contribution is 0.421. The van der Waals surface area contributed by atoms with Gasteiger partial charge in [0.2, 0.25) is 0 Å². The molecule has 5 nitrogen and oxygen atoms in total. The summed E-state index contributed by atoms with van der Waals surface area (Å²) in [6.45, 7) is 1.77. The smallest absolute Gasteiger partial charge is 0.304 e. The fourth-order valence-electron chi connectivity index (χ4n) is 3.08. The molecule has 0 unspecified atom stereocenters. The Balaban J connectivity index is 1.92. The van der Waals surface area contributed by atoms with Crippen LogP contribution in [0.25, 0.3) is 0 Å². The van der Waals surface area contributed by atoms with E-state index in [1.807, 2.05) is 18.2 Å². The molecule has 2 aliphatic heterocycles. The van der Waals surface area contributed by atoms with E-state index in [9.17, 15) is 8.42 Å². The number of nitrogens with zero attached hydrogens (tertiary/aromatic N) is 2. The van der Waals surface area contributed by atoms with E-state index in [0.29, 0.717) is 31.7 Å². The monoisotopic (exact) mass is 295 g/mol. The zero-order valence-electron chi connectivity index (χ0n) is 11.6. The molecular formula is C14H21N3O2S. The van der Waals surface area contributed by atoms with E-state index in [0.717, 1.165) is 36.9 Å². The van der Waals surface area contributed by atoms with Crippen molar-refractivity contribution < 1.29 is 8.42 Å². The predicted molar refractivity (Wildman–Crippen MR) is 80.9 cm³/mol. The van der Waals surface area contributed by atoms with Gasteiger partial charge in [-0.2, -0.15) is 12.7 Å². The van der Waals surface area contributed by atoms with Crippen LogP contribution in [0.15, 0.2) is 18.2 Å². The third kappa shape index (κ3) is 2.27. The average molecular weight is 295 g/mol. The summed E-state index contributed by atoms with van der Waals surface area (Å²) < 4.78 is 28.8. The molecule has 2 heterocycles. The number of nitrogens with two attached hydrogens (primary N) is 1. The third-order valence-electron chi connectivity index (χ3n) is 4.19. The molecule has 0 bridgehead atoms. The molecule has 2 aliphatic rings. The minimum Gasteiger partial charge on any atom is -0.398 e. The van der Waals surface area contributed by atoms with Crippen molar-refractivity contribution >= 4 is 21.6 Å². The van der Waals surface area contributed by atoms with Crippen LogP contribution in [0.2, 0.25) is 0 Å². The Morgan fingerprint density at radius 3 is 2.40 bits per heavy atom. The second-order valence-corrected chi connectivity index (χ2v) is 7.34. The molecule has 110 valence electrons. The van der Waals surface area contributed by atoms with Crippen LogP contribution < -0.4 is 10.0 Å². The minimum absolute atomic E-state index is 0.502. The first kappa shape index (κ1) is 13.7. The van der Waals surface area contributed by atoms with Gasteiger partial charge in [-0.15, -0.1) is 0 Å². The number of rotatable bonds is 2. The summed E-state index contributed by atoms with van der Waals surface area (Å²) in [5.41, 5.74) is 8.36. The third-order valence-corrected chi connectivity index (χ3v) is 6.14. The summed E-state index contributed by atoms with van der Waals surface area (Å²) in [4.78, 5) is 0. The van der Waals surface area contributed by atoms with E-state index in [2.05, 4.69) is 0 Å². The molecule has 0 saturated carbocycles. The Hall–Kier alpha value is -1.27. The Morgan fingerprint density at radius 1 is 1.00 bits per heavy atom. The molecule has 1 fully saturated rings. The van der Waals surface area contributed by atoms with Gasteiger partial charge in [0.1, 0.15) is 0 Å². The molecule has 20 heavy (non-hydrogen) atoms.